The molecule has 0 aliphatic rings. The van der Waals surface area contributed by atoms with Gasteiger partial charge in [0.15, 0.2) is 0 Å². The summed E-state index contributed by atoms with van der Waals surface area (Å²) in [6, 6.07) is 10.9. The average Bonchev–Trinajstić information content (AvgIpc) is 2.40. The van der Waals surface area contributed by atoms with Gasteiger partial charge in [0.25, 0.3) is 10.0 Å². The van der Waals surface area contributed by atoms with Crippen LogP contribution in [0.3, 0.4) is 0 Å². The van der Waals surface area contributed by atoms with Gasteiger partial charge in [0, 0.05) is 15.8 Å². The second-order valence-electron chi connectivity index (χ2n) is 4.41. The third-order valence-corrected chi connectivity index (χ3v) is 4.81. The fourth-order valence-electron chi connectivity index (χ4n) is 1.83. The normalized spacial score (nSPS) is 11.4. The number of nitrogens with one attached hydrogen (secondary N) is 2. The lowest BCUT2D eigenvalue weighted by Gasteiger charge is -2.10. The zero-order valence-electron chi connectivity index (χ0n) is 11.2. The van der Waals surface area contributed by atoms with E-state index in [1.807, 2.05) is 6.07 Å². The summed E-state index contributed by atoms with van der Waals surface area (Å²) in [5, 5.41) is 2.90. The van der Waals surface area contributed by atoms with Gasteiger partial charge < -0.3 is 5.32 Å². The van der Waals surface area contributed by atoms with Crippen molar-refractivity contribution in [3.8, 4) is 0 Å². The van der Waals surface area contributed by atoms with Crippen molar-refractivity contribution in [1.82, 2.24) is 5.32 Å². The summed E-state index contributed by atoms with van der Waals surface area (Å²) in [6.07, 6.45) is 0. The Labute approximate surface area is 137 Å². The Kier molecular flexibility index (Phi) is 5.17. The van der Waals surface area contributed by atoms with E-state index in [2.05, 4.69) is 32.6 Å². The Balaban J connectivity index is 2.37. The summed E-state index contributed by atoms with van der Waals surface area (Å²) in [6.45, 7) is 0.464. The van der Waals surface area contributed by atoms with E-state index in [0.29, 0.717) is 17.8 Å². The van der Waals surface area contributed by atoms with E-state index in [1.165, 1.54) is 6.07 Å². The lowest BCUT2D eigenvalue weighted by atomic mass is 10.2. The Hall–Kier alpha value is -1.19. The van der Waals surface area contributed by atoms with Crippen molar-refractivity contribution < 1.29 is 12.8 Å². The molecule has 0 aromatic heterocycles. The number of anilines is 1. The highest BCUT2D eigenvalue weighted by atomic mass is 127. The molecule has 0 saturated heterocycles. The molecule has 0 aliphatic carbocycles. The first-order valence-electron chi connectivity index (χ1n) is 6.14. The highest BCUT2D eigenvalue weighted by molar-refractivity contribution is 14.1. The number of halogens is 2. The van der Waals surface area contributed by atoms with Crippen LogP contribution in [0, 0.1) is 9.39 Å². The Morgan fingerprint density at radius 1 is 1.19 bits per heavy atom. The SMILES string of the molecule is CNCc1ccc(F)c(S(=O)(=O)Nc2cccc(I)c2)c1. The summed E-state index contributed by atoms with van der Waals surface area (Å²) >= 11 is 2.08. The van der Waals surface area contributed by atoms with Crippen LogP contribution in [0.15, 0.2) is 47.4 Å². The van der Waals surface area contributed by atoms with Crippen LogP contribution in [0.5, 0.6) is 0 Å². The van der Waals surface area contributed by atoms with Crippen molar-refractivity contribution in [2.24, 2.45) is 0 Å². The standard InChI is InChI=1S/C14H14FIN2O2S/c1-17-9-10-5-6-13(15)14(7-10)21(19,20)18-12-4-2-3-11(16)8-12/h2-8,17-18H,9H2,1H3. The minimum absolute atomic E-state index is 0.353. The minimum atomic E-state index is -3.96. The van der Waals surface area contributed by atoms with Crippen LogP contribution >= 0.6 is 22.6 Å². The molecule has 0 atom stereocenters. The summed E-state index contributed by atoms with van der Waals surface area (Å²) in [7, 11) is -2.22. The van der Waals surface area contributed by atoms with Crippen LogP contribution in [-0.4, -0.2) is 15.5 Å². The second-order valence-corrected chi connectivity index (χ2v) is 7.31. The Morgan fingerprint density at radius 2 is 1.95 bits per heavy atom. The monoisotopic (exact) mass is 420 g/mol. The van der Waals surface area contributed by atoms with Crippen molar-refractivity contribution in [3.05, 3.63) is 57.4 Å². The predicted octanol–water partition coefficient (Wildman–Crippen LogP) is 2.95. The number of benzene rings is 2. The zero-order chi connectivity index (χ0) is 15.5. The van der Waals surface area contributed by atoms with E-state index in [-0.39, 0.29) is 4.90 Å². The van der Waals surface area contributed by atoms with Crippen LogP contribution in [0.2, 0.25) is 0 Å². The maximum atomic E-state index is 13.8. The fourth-order valence-corrected chi connectivity index (χ4v) is 3.55. The summed E-state index contributed by atoms with van der Waals surface area (Å²) in [4.78, 5) is -0.353. The molecule has 112 valence electrons. The van der Waals surface area contributed by atoms with E-state index < -0.39 is 15.8 Å². The molecule has 4 nitrogen and oxygen atoms in total. The van der Waals surface area contributed by atoms with E-state index in [9.17, 15) is 12.8 Å². The van der Waals surface area contributed by atoms with Gasteiger partial charge in [0.1, 0.15) is 10.7 Å². The number of rotatable bonds is 5. The molecule has 0 unspecified atom stereocenters. The molecule has 7 heteroatoms. The molecule has 0 bridgehead atoms. The molecule has 0 fully saturated rings. The van der Waals surface area contributed by atoms with Gasteiger partial charge in [-0.15, -0.1) is 0 Å². The molecule has 0 amide bonds. The minimum Gasteiger partial charge on any atom is -0.316 e. The van der Waals surface area contributed by atoms with Gasteiger partial charge in [0.05, 0.1) is 0 Å². The van der Waals surface area contributed by atoms with Crippen LogP contribution in [0.25, 0.3) is 0 Å². The topological polar surface area (TPSA) is 58.2 Å². The zero-order valence-corrected chi connectivity index (χ0v) is 14.2. The van der Waals surface area contributed by atoms with Crippen molar-refractivity contribution in [2.45, 2.75) is 11.4 Å². The third-order valence-electron chi connectivity index (χ3n) is 2.74. The molecule has 0 aliphatic heterocycles. The lowest BCUT2D eigenvalue weighted by Crippen LogP contribution is -2.16. The Bertz CT molecular complexity index is 750. The van der Waals surface area contributed by atoms with Gasteiger partial charge in [-0.05, 0) is 65.5 Å². The van der Waals surface area contributed by atoms with Crippen LogP contribution in [-0.2, 0) is 16.6 Å². The highest BCUT2D eigenvalue weighted by Crippen LogP contribution is 2.21. The van der Waals surface area contributed by atoms with E-state index in [4.69, 9.17) is 0 Å². The lowest BCUT2D eigenvalue weighted by molar-refractivity contribution is 0.569. The van der Waals surface area contributed by atoms with Gasteiger partial charge in [-0.1, -0.05) is 12.1 Å². The highest BCUT2D eigenvalue weighted by Gasteiger charge is 2.19. The maximum Gasteiger partial charge on any atom is 0.264 e. The van der Waals surface area contributed by atoms with Gasteiger partial charge in [0.2, 0.25) is 0 Å². The molecule has 2 rings (SSSR count). The molecule has 2 aromatic rings. The quantitative estimate of drug-likeness (QED) is 0.732. The maximum absolute atomic E-state index is 13.8. The number of hydrogen-bond donors (Lipinski definition) is 2. The number of hydrogen-bond acceptors (Lipinski definition) is 3. The Morgan fingerprint density at radius 3 is 2.62 bits per heavy atom. The average molecular weight is 420 g/mol. The summed E-state index contributed by atoms with van der Waals surface area (Å²) < 4.78 is 41.8. The first-order chi connectivity index (χ1) is 9.92. The largest absolute Gasteiger partial charge is 0.316 e. The first kappa shape index (κ1) is 16.2. The first-order valence-corrected chi connectivity index (χ1v) is 8.70. The molecular weight excluding hydrogens is 406 g/mol. The van der Waals surface area contributed by atoms with Crippen LogP contribution in [0.4, 0.5) is 10.1 Å². The smallest absolute Gasteiger partial charge is 0.264 e. The number of sulfonamides is 1. The molecule has 0 saturated carbocycles. The molecule has 0 radical (unpaired) electrons. The molecule has 0 spiro atoms. The van der Waals surface area contributed by atoms with Gasteiger partial charge in [-0.3, -0.25) is 4.72 Å². The molecule has 21 heavy (non-hydrogen) atoms. The summed E-state index contributed by atoms with van der Waals surface area (Å²) in [5.41, 5.74) is 1.10. The van der Waals surface area contributed by atoms with Crippen molar-refractivity contribution in [3.63, 3.8) is 0 Å². The molecule has 2 aromatic carbocycles. The van der Waals surface area contributed by atoms with Gasteiger partial charge in [-0.2, -0.15) is 0 Å². The third kappa shape index (κ3) is 4.14. The predicted molar refractivity (Wildman–Crippen MR) is 89.1 cm³/mol. The van der Waals surface area contributed by atoms with Gasteiger partial charge >= 0.3 is 0 Å². The molecule has 2 N–H and O–H groups in total. The van der Waals surface area contributed by atoms with Crippen molar-refractivity contribution in [1.29, 1.82) is 0 Å². The van der Waals surface area contributed by atoms with Crippen molar-refractivity contribution in [2.75, 3.05) is 11.8 Å². The van der Waals surface area contributed by atoms with Crippen LogP contribution in [0.1, 0.15) is 5.56 Å². The summed E-state index contributed by atoms with van der Waals surface area (Å²) in [5.74, 6) is -0.770. The van der Waals surface area contributed by atoms with E-state index in [1.54, 1.807) is 31.3 Å². The van der Waals surface area contributed by atoms with E-state index >= 15 is 0 Å². The fraction of sp³-hybridized carbons (Fsp3) is 0.143. The van der Waals surface area contributed by atoms with Crippen molar-refractivity contribution >= 4 is 38.3 Å². The van der Waals surface area contributed by atoms with Crippen LogP contribution < -0.4 is 10.0 Å². The van der Waals surface area contributed by atoms with E-state index in [0.717, 1.165) is 9.64 Å². The molecular formula is C14H14FIN2O2S. The van der Waals surface area contributed by atoms with Gasteiger partial charge in [-0.25, -0.2) is 12.8 Å². The second kappa shape index (κ2) is 6.71. The molecule has 0 heterocycles.